The molecule has 0 bridgehead atoms. The Morgan fingerprint density at radius 1 is 1.33 bits per heavy atom. The minimum atomic E-state index is -0.238. The molecular formula is C14H28N6O. The second kappa shape index (κ2) is 6.37. The molecule has 1 atom stereocenters. The van der Waals surface area contributed by atoms with Crippen molar-refractivity contribution < 1.29 is 4.74 Å². The molecule has 0 saturated heterocycles. The van der Waals surface area contributed by atoms with Gasteiger partial charge in [0.15, 0.2) is 5.82 Å². The lowest BCUT2D eigenvalue weighted by Crippen LogP contribution is -2.58. The Morgan fingerprint density at radius 2 is 2.00 bits per heavy atom. The fourth-order valence-electron chi connectivity index (χ4n) is 3.22. The standard InChI is InChI=1S/C14H28N6O/c1-5-21-14(8-6-13(2,3)7-9-14)11(16-15)10-12-17-19-20(4)18-12/h11,16H,5-10,15H2,1-4H3. The van der Waals surface area contributed by atoms with Gasteiger partial charge in [0.1, 0.15) is 0 Å². The number of ether oxygens (including phenoxy) is 1. The third-order valence-electron chi connectivity index (χ3n) is 4.65. The number of rotatable bonds is 6. The predicted octanol–water partition coefficient (Wildman–Crippen LogP) is 0.960. The first-order chi connectivity index (χ1) is 9.91. The highest BCUT2D eigenvalue weighted by Crippen LogP contribution is 2.44. The zero-order valence-corrected chi connectivity index (χ0v) is 13.6. The summed E-state index contributed by atoms with van der Waals surface area (Å²) >= 11 is 0. The Morgan fingerprint density at radius 3 is 2.48 bits per heavy atom. The lowest BCUT2D eigenvalue weighted by Gasteiger charge is -2.47. The molecule has 1 aliphatic carbocycles. The molecule has 7 heteroatoms. The molecule has 2 rings (SSSR count). The zero-order chi connectivity index (χ0) is 15.5. The number of aromatic nitrogens is 4. The topological polar surface area (TPSA) is 90.9 Å². The zero-order valence-electron chi connectivity index (χ0n) is 13.6. The number of tetrazole rings is 1. The molecule has 1 aliphatic rings. The Bertz CT molecular complexity index is 448. The second-order valence-electron chi connectivity index (χ2n) is 6.78. The summed E-state index contributed by atoms with van der Waals surface area (Å²) < 4.78 is 6.17. The van der Waals surface area contributed by atoms with Crippen LogP contribution in [0.5, 0.6) is 0 Å². The monoisotopic (exact) mass is 296 g/mol. The van der Waals surface area contributed by atoms with Crippen molar-refractivity contribution in [1.82, 2.24) is 25.6 Å². The molecule has 3 N–H and O–H groups in total. The van der Waals surface area contributed by atoms with Crippen LogP contribution in [0.1, 0.15) is 52.3 Å². The summed E-state index contributed by atoms with van der Waals surface area (Å²) in [5, 5.41) is 12.2. The van der Waals surface area contributed by atoms with Gasteiger partial charge in [-0.2, -0.15) is 4.80 Å². The number of hydrogen-bond acceptors (Lipinski definition) is 6. The molecule has 1 heterocycles. The van der Waals surface area contributed by atoms with Gasteiger partial charge in [0.05, 0.1) is 18.7 Å². The van der Waals surface area contributed by atoms with Crippen molar-refractivity contribution in [3.8, 4) is 0 Å². The van der Waals surface area contributed by atoms with Crippen molar-refractivity contribution in [3.63, 3.8) is 0 Å². The van der Waals surface area contributed by atoms with Crippen LogP contribution in [0.3, 0.4) is 0 Å². The first kappa shape index (κ1) is 16.3. The normalized spacial score (nSPS) is 22.1. The summed E-state index contributed by atoms with van der Waals surface area (Å²) in [5.74, 6) is 6.53. The van der Waals surface area contributed by atoms with E-state index in [9.17, 15) is 0 Å². The summed E-state index contributed by atoms with van der Waals surface area (Å²) in [6.07, 6.45) is 4.91. The van der Waals surface area contributed by atoms with Crippen LogP contribution < -0.4 is 11.3 Å². The minimum absolute atomic E-state index is 0.00208. The number of nitrogens with zero attached hydrogens (tertiary/aromatic N) is 4. The molecule has 0 amide bonds. The largest absolute Gasteiger partial charge is 0.374 e. The third-order valence-corrected chi connectivity index (χ3v) is 4.65. The molecule has 21 heavy (non-hydrogen) atoms. The van der Waals surface area contributed by atoms with E-state index in [1.807, 2.05) is 6.92 Å². The summed E-state index contributed by atoms with van der Waals surface area (Å²) in [7, 11) is 1.77. The average molecular weight is 296 g/mol. The van der Waals surface area contributed by atoms with Crippen LogP contribution in [0.4, 0.5) is 0 Å². The fraction of sp³-hybridized carbons (Fsp3) is 0.929. The summed E-state index contributed by atoms with van der Waals surface area (Å²) in [4.78, 5) is 1.47. The van der Waals surface area contributed by atoms with Gasteiger partial charge in [0, 0.05) is 13.0 Å². The van der Waals surface area contributed by atoms with E-state index >= 15 is 0 Å². The van der Waals surface area contributed by atoms with E-state index in [2.05, 4.69) is 34.7 Å². The molecule has 1 fully saturated rings. The van der Waals surface area contributed by atoms with Gasteiger partial charge < -0.3 is 4.74 Å². The predicted molar refractivity (Wildman–Crippen MR) is 80.2 cm³/mol. The molecule has 0 radical (unpaired) electrons. The van der Waals surface area contributed by atoms with E-state index in [0.717, 1.165) is 25.7 Å². The quantitative estimate of drug-likeness (QED) is 0.600. The number of aryl methyl sites for hydroxylation is 1. The van der Waals surface area contributed by atoms with E-state index in [1.54, 1.807) is 7.05 Å². The van der Waals surface area contributed by atoms with E-state index in [0.29, 0.717) is 24.3 Å². The number of nitrogens with two attached hydrogens (primary N) is 1. The van der Waals surface area contributed by atoms with E-state index < -0.39 is 0 Å². The maximum absolute atomic E-state index is 6.17. The van der Waals surface area contributed by atoms with Crippen molar-refractivity contribution >= 4 is 0 Å². The molecular weight excluding hydrogens is 268 g/mol. The summed E-state index contributed by atoms with van der Waals surface area (Å²) in [6, 6.07) is -0.00208. The van der Waals surface area contributed by atoms with Crippen molar-refractivity contribution in [1.29, 1.82) is 0 Å². The van der Waals surface area contributed by atoms with Crippen LogP contribution in [0.2, 0.25) is 0 Å². The van der Waals surface area contributed by atoms with Crippen molar-refractivity contribution in [3.05, 3.63) is 5.82 Å². The van der Waals surface area contributed by atoms with Crippen molar-refractivity contribution in [2.45, 2.75) is 64.5 Å². The van der Waals surface area contributed by atoms with Gasteiger partial charge in [-0.15, -0.1) is 10.2 Å². The Labute approximate surface area is 126 Å². The highest BCUT2D eigenvalue weighted by atomic mass is 16.5. The summed E-state index contributed by atoms with van der Waals surface area (Å²) in [5.41, 5.74) is 3.08. The van der Waals surface area contributed by atoms with Crippen molar-refractivity contribution in [2.75, 3.05) is 6.61 Å². The van der Waals surface area contributed by atoms with Gasteiger partial charge in [-0.05, 0) is 43.2 Å². The average Bonchev–Trinajstić information content (AvgIpc) is 2.85. The van der Waals surface area contributed by atoms with Gasteiger partial charge >= 0.3 is 0 Å². The van der Waals surface area contributed by atoms with Crippen LogP contribution in [0, 0.1) is 5.41 Å². The minimum Gasteiger partial charge on any atom is -0.374 e. The summed E-state index contributed by atoms with van der Waals surface area (Å²) in [6.45, 7) is 7.36. The van der Waals surface area contributed by atoms with Gasteiger partial charge in [-0.25, -0.2) is 0 Å². The molecule has 1 aromatic heterocycles. The molecule has 0 spiro atoms. The Hall–Kier alpha value is -1.05. The maximum atomic E-state index is 6.17. The first-order valence-corrected chi connectivity index (χ1v) is 7.74. The van der Waals surface area contributed by atoms with E-state index in [1.165, 1.54) is 4.80 Å². The van der Waals surface area contributed by atoms with Crippen molar-refractivity contribution in [2.24, 2.45) is 18.3 Å². The molecule has 1 aromatic rings. The van der Waals surface area contributed by atoms with E-state index in [-0.39, 0.29) is 11.6 Å². The highest BCUT2D eigenvalue weighted by Gasteiger charge is 2.44. The van der Waals surface area contributed by atoms with Gasteiger partial charge in [0.25, 0.3) is 0 Å². The smallest absolute Gasteiger partial charge is 0.176 e. The van der Waals surface area contributed by atoms with Crippen LogP contribution in [0.15, 0.2) is 0 Å². The third kappa shape index (κ3) is 3.78. The first-order valence-electron chi connectivity index (χ1n) is 7.74. The number of nitrogens with one attached hydrogen (secondary N) is 1. The molecule has 120 valence electrons. The number of hydrogen-bond donors (Lipinski definition) is 2. The molecule has 0 aliphatic heterocycles. The molecule has 0 aromatic carbocycles. The maximum Gasteiger partial charge on any atom is 0.176 e. The lowest BCUT2D eigenvalue weighted by atomic mass is 9.68. The molecule has 1 unspecified atom stereocenters. The van der Waals surface area contributed by atoms with Gasteiger partial charge in [0.2, 0.25) is 0 Å². The van der Waals surface area contributed by atoms with Crippen LogP contribution in [-0.2, 0) is 18.2 Å². The van der Waals surface area contributed by atoms with Gasteiger partial charge in [-0.1, -0.05) is 13.8 Å². The highest BCUT2D eigenvalue weighted by molar-refractivity contribution is 5.01. The van der Waals surface area contributed by atoms with Crippen LogP contribution >= 0.6 is 0 Å². The molecule has 1 saturated carbocycles. The lowest BCUT2D eigenvalue weighted by molar-refractivity contribution is -0.106. The van der Waals surface area contributed by atoms with E-state index in [4.69, 9.17) is 10.6 Å². The van der Waals surface area contributed by atoms with Crippen LogP contribution in [0.25, 0.3) is 0 Å². The second-order valence-corrected chi connectivity index (χ2v) is 6.78. The number of hydrazine groups is 1. The SMILES string of the molecule is CCOC1(C(Cc2nnn(C)n2)NN)CCC(C)(C)CC1. The molecule has 7 nitrogen and oxygen atoms in total. The Kier molecular flexibility index (Phi) is 4.95. The van der Waals surface area contributed by atoms with Crippen LogP contribution in [-0.4, -0.2) is 38.5 Å². The Balaban J connectivity index is 2.14. The fourth-order valence-corrected chi connectivity index (χ4v) is 3.22. The van der Waals surface area contributed by atoms with Gasteiger partial charge in [-0.3, -0.25) is 11.3 Å².